The molecule has 44 heavy (non-hydrogen) atoms. The Morgan fingerprint density at radius 2 is 1.50 bits per heavy atom. The van der Waals surface area contributed by atoms with Gasteiger partial charge in [-0.1, -0.05) is 0 Å². The predicted molar refractivity (Wildman–Crippen MR) is 153 cm³/mol. The minimum Gasteiger partial charge on any atom is -0.488 e. The number of hydrogen-bond acceptors (Lipinski definition) is 10. The van der Waals surface area contributed by atoms with Crippen LogP contribution in [0.2, 0.25) is 0 Å². The van der Waals surface area contributed by atoms with Gasteiger partial charge in [0.25, 0.3) is 0 Å². The third-order valence-electron chi connectivity index (χ3n) is 8.88. The zero-order valence-corrected chi connectivity index (χ0v) is 24.6. The number of aliphatic carboxylic acids is 2. The Morgan fingerprint density at radius 1 is 0.886 bits per heavy atom. The molecule has 2 aliphatic heterocycles. The van der Waals surface area contributed by atoms with E-state index in [4.69, 9.17) is 25.2 Å². The van der Waals surface area contributed by atoms with Crippen LogP contribution in [0.1, 0.15) is 51.4 Å². The van der Waals surface area contributed by atoms with Crippen molar-refractivity contribution in [1.82, 2.24) is 9.80 Å². The largest absolute Gasteiger partial charge is 0.488 e. The number of carboxylic acids is 2. The Hall–Kier alpha value is -3.33. The van der Waals surface area contributed by atoms with Gasteiger partial charge in [-0.05, 0) is 70.0 Å². The number of imide groups is 1. The van der Waals surface area contributed by atoms with E-state index in [1.54, 1.807) is 12.1 Å². The molecule has 4 aliphatic rings. The zero-order valence-electron chi connectivity index (χ0n) is 24.6. The maximum Gasteiger partial charge on any atom is 0.335 e. The number of aliphatic hydroxyl groups excluding tert-OH is 3. The second kappa shape index (κ2) is 15.1. The molecule has 5 rings (SSSR count). The number of carboxylic acid groups (broad SMARTS) is 2. The number of hydrogen-bond donors (Lipinski definition) is 5. The van der Waals surface area contributed by atoms with Gasteiger partial charge < -0.3 is 35.2 Å². The third kappa shape index (κ3) is 8.23. The van der Waals surface area contributed by atoms with Gasteiger partial charge in [-0.25, -0.2) is 14.0 Å². The number of piperazine rings is 1. The lowest BCUT2D eigenvalue weighted by Crippen LogP contribution is -2.47. The van der Waals surface area contributed by atoms with Gasteiger partial charge in [0.2, 0.25) is 11.8 Å². The second-order valence-electron chi connectivity index (χ2n) is 11.9. The Morgan fingerprint density at radius 3 is 2.11 bits per heavy atom. The first-order valence-electron chi connectivity index (χ1n) is 15.2. The highest BCUT2D eigenvalue weighted by Crippen LogP contribution is 2.38. The number of benzene rings is 1. The molecule has 0 radical (unpaired) electrons. The summed E-state index contributed by atoms with van der Waals surface area (Å²) in [6.45, 7) is 4.53. The fourth-order valence-electron chi connectivity index (χ4n) is 6.40. The second-order valence-corrected chi connectivity index (χ2v) is 11.9. The van der Waals surface area contributed by atoms with E-state index in [1.807, 2.05) is 0 Å². The van der Waals surface area contributed by atoms with Crippen molar-refractivity contribution in [2.45, 2.75) is 75.8 Å². The molecule has 5 unspecified atom stereocenters. The minimum absolute atomic E-state index is 0.0485. The highest BCUT2D eigenvalue weighted by Gasteiger charge is 2.49. The van der Waals surface area contributed by atoms with E-state index in [0.29, 0.717) is 25.8 Å². The van der Waals surface area contributed by atoms with Crippen LogP contribution in [0.5, 0.6) is 5.75 Å². The van der Waals surface area contributed by atoms with Gasteiger partial charge in [0, 0.05) is 38.8 Å². The quantitative estimate of drug-likeness (QED) is 0.230. The number of halogens is 1. The van der Waals surface area contributed by atoms with Crippen LogP contribution in [0.15, 0.2) is 18.2 Å². The van der Waals surface area contributed by atoms with E-state index in [9.17, 15) is 28.7 Å². The molecule has 4 fully saturated rings. The molecule has 2 heterocycles. The molecule has 2 aliphatic carbocycles. The zero-order chi connectivity index (χ0) is 32.0. The fourth-order valence-corrected chi connectivity index (χ4v) is 6.40. The molecule has 0 spiro atoms. The molecule has 2 amide bonds. The molecular formula is C30H42FN3O10. The summed E-state index contributed by atoms with van der Waals surface area (Å²) >= 11 is 0. The van der Waals surface area contributed by atoms with Crippen molar-refractivity contribution in [3.05, 3.63) is 24.0 Å². The molecule has 1 aromatic carbocycles. The molecule has 2 saturated heterocycles. The molecule has 2 saturated carbocycles. The summed E-state index contributed by atoms with van der Waals surface area (Å²) < 4.78 is 20.3. The van der Waals surface area contributed by atoms with Crippen LogP contribution >= 0.6 is 0 Å². The average Bonchev–Trinajstić information content (AvgIpc) is 3.60. The Labute approximate surface area is 254 Å². The molecular weight excluding hydrogens is 581 g/mol. The van der Waals surface area contributed by atoms with E-state index in [0.717, 1.165) is 63.4 Å². The first-order chi connectivity index (χ1) is 21.0. The molecule has 5 atom stereocenters. The summed E-state index contributed by atoms with van der Waals surface area (Å²) in [5.41, 5.74) is 0.838. The number of ether oxygens (including phenoxy) is 1. The monoisotopic (exact) mass is 623 g/mol. The number of nitrogens with zero attached hydrogens (tertiary/aromatic N) is 3. The van der Waals surface area contributed by atoms with Crippen LogP contribution in [-0.2, 0) is 19.2 Å². The smallest absolute Gasteiger partial charge is 0.335 e. The molecule has 0 bridgehead atoms. The average molecular weight is 624 g/mol. The number of likely N-dealkylation sites (tertiary alicyclic amines) is 1. The summed E-state index contributed by atoms with van der Waals surface area (Å²) in [4.78, 5) is 50.9. The van der Waals surface area contributed by atoms with E-state index in [2.05, 4.69) is 9.80 Å². The Bertz CT molecular complexity index is 1170. The molecule has 1 aromatic rings. The van der Waals surface area contributed by atoms with Gasteiger partial charge in [0.1, 0.15) is 11.6 Å². The molecule has 5 N–H and O–H groups in total. The SMILES string of the molecule is O=C(O)C(O)C(O)C(=O)O.O=C1C2CCC(O)CC2C(=O)N1CCCN1CCN(c2cc(F)ccc2OC2CCCC2)CC1. The first kappa shape index (κ1) is 33.6. The highest BCUT2D eigenvalue weighted by molar-refractivity contribution is 6.05. The summed E-state index contributed by atoms with van der Waals surface area (Å²) in [5, 5.41) is 42.4. The summed E-state index contributed by atoms with van der Waals surface area (Å²) in [6, 6.07) is 4.82. The fraction of sp³-hybridized carbons (Fsp3) is 0.667. The van der Waals surface area contributed by atoms with E-state index in [-0.39, 0.29) is 35.6 Å². The van der Waals surface area contributed by atoms with Crippen molar-refractivity contribution < 1.29 is 53.8 Å². The number of amides is 2. The van der Waals surface area contributed by atoms with Crippen molar-refractivity contribution in [3.8, 4) is 5.75 Å². The highest BCUT2D eigenvalue weighted by atomic mass is 19.1. The molecule has 244 valence electrons. The molecule has 13 nitrogen and oxygen atoms in total. The van der Waals surface area contributed by atoms with E-state index >= 15 is 0 Å². The van der Waals surface area contributed by atoms with Crippen LogP contribution in [0.3, 0.4) is 0 Å². The molecule has 14 heteroatoms. The van der Waals surface area contributed by atoms with Crippen molar-refractivity contribution in [1.29, 1.82) is 0 Å². The van der Waals surface area contributed by atoms with Crippen LogP contribution in [-0.4, -0.2) is 123 Å². The third-order valence-corrected chi connectivity index (χ3v) is 8.88. The minimum atomic E-state index is -2.27. The van der Waals surface area contributed by atoms with Crippen molar-refractivity contribution in [2.24, 2.45) is 11.8 Å². The number of fused-ring (bicyclic) bond motifs is 1. The van der Waals surface area contributed by atoms with Gasteiger partial charge in [0.15, 0.2) is 12.2 Å². The maximum atomic E-state index is 14.0. The summed E-state index contributed by atoms with van der Waals surface area (Å²) in [7, 11) is 0. The lowest BCUT2D eigenvalue weighted by atomic mass is 9.80. The summed E-state index contributed by atoms with van der Waals surface area (Å²) in [6.07, 6.45) is 2.13. The van der Waals surface area contributed by atoms with Gasteiger partial charge in [-0.3, -0.25) is 19.4 Å². The van der Waals surface area contributed by atoms with Crippen molar-refractivity contribution in [3.63, 3.8) is 0 Å². The number of rotatable bonds is 10. The standard InChI is InChI=1S/C26H36FN3O4.C4H6O6/c27-18-6-9-24(34-20-4-1-2-5-20)23(16-18)29-14-12-28(13-15-29)10-3-11-30-25(32)21-8-7-19(31)17-22(21)26(30)33;5-1(3(7)8)2(6)4(9)10/h6,9,16,19-22,31H,1-5,7-8,10-15,17H2;1-2,5-6H,(H,7,8)(H,9,10). The number of anilines is 1. The normalized spacial score (nSPS) is 25.7. The number of aliphatic hydroxyl groups is 3. The van der Waals surface area contributed by atoms with E-state index < -0.39 is 30.3 Å². The number of carbonyl (C=O) groups excluding carboxylic acids is 2. The van der Waals surface area contributed by atoms with Gasteiger partial charge in [-0.15, -0.1) is 0 Å². The first-order valence-corrected chi connectivity index (χ1v) is 15.2. The number of carbonyl (C=O) groups is 4. The summed E-state index contributed by atoms with van der Waals surface area (Å²) in [5.74, 6) is -3.71. The van der Waals surface area contributed by atoms with Crippen LogP contribution in [0.25, 0.3) is 0 Å². The van der Waals surface area contributed by atoms with Crippen molar-refractivity contribution in [2.75, 3.05) is 44.2 Å². The topological polar surface area (TPSA) is 188 Å². The molecule has 0 aromatic heterocycles. The van der Waals surface area contributed by atoms with Crippen LogP contribution in [0.4, 0.5) is 10.1 Å². The lowest BCUT2D eigenvalue weighted by molar-refractivity contribution is -0.165. The lowest BCUT2D eigenvalue weighted by Gasteiger charge is -2.37. The Balaban J connectivity index is 0.000000382. The van der Waals surface area contributed by atoms with Crippen LogP contribution < -0.4 is 9.64 Å². The Kier molecular flexibility index (Phi) is 11.5. The maximum absolute atomic E-state index is 14.0. The van der Waals surface area contributed by atoms with Gasteiger partial charge in [0.05, 0.1) is 29.7 Å². The van der Waals surface area contributed by atoms with E-state index in [1.165, 1.54) is 23.8 Å². The van der Waals surface area contributed by atoms with Gasteiger partial charge >= 0.3 is 11.9 Å². The van der Waals surface area contributed by atoms with Crippen molar-refractivity contribution >= 4 is 29.4 Å². The predicted octanol–water partition coefficient (Wildman–Crippen LogP) is 0.683. The van der Waals surface area contributed by atoms with Gasteiger partial charge in [-0.2, -0.15) is 0 Å². The van der Waals surface area contributed by atoms with Crippen LogP contribution in [0, 0.1) is 17.7 Å².